The fraction of sp³-hybridized carbons (Fsp3) is 0.333. The summed E-state index contributed by atoms with van der Waals surface area (Å²) in [5.74, 6) is 0. The Morgan fingerprint density at radius 1 is 1.00 bits per heavy atom. The molecule has 3 heteroatoms. The van der Waals surface area contributed by atoms with Gasteiger partial charge in [0.1, 0.15) is 0 Å². The lowest BCUT2D eigenvalue weighted by molar-refractivity contribution is 0.211. The number of piperidine rings is 1. The molecule has 1 aliphatic rings. The maximum atomic E-state index is 3.65. The minimum atomic E-state index is 0.589. The van der Waals surface area contributed by atoms with Gasteiger partial charge in [0.05, 0.1) is 0 Å². The Morgan fingerprint density at radius 3 is 2.48 bits per heavy atom. The van der Waals surface area contributed by atoms with Crippen molar-refractivity contribution in [2.75, 3.05) is 18.4 Å². The minimum Gasteiger partial charge on any atom is -0.382 e. The number of likely N-dealkylation sites (tertiary alicyclic amines) is 1. The zero-order valence-electron chi connectivity index (χ0n) is 12.1. The Balaban J connectivity index is 1.49. The van der Waals surface area contributed by atoms with Gasteiger partial charge in [-0.3, -0.25) is 4.90 Å². The summed E-state index contributed by atoms with van der Waals surface area (Å²) < 4.78 is 1.13. The topological polar surface area (TPSA) is 15.3 Å². The lowest BCUT2D eigenvalue weighted by Crippen LogP contribution is -2.38. The molecule has 1 heterocycles. The molecule has 0 spiro atoms. The molecule has 0 bridgehead atoms. The largest absolute Gasteiger partial charge is 0.382 e. The highest BCUT2D eigenvalue weighted by atomic mass is 79.9. The van der Waals surface area contributed by atoms with Crippen molar-refractivity contribution in [3.8, 4) is 0 Å². The first-order valence-corrected chi connectivity index (χ1v) is 8.37. The molecule has 0 atom stereocenters. The van der Waals surface area contributed by atoms with E-state index in [0.717, 1.165) is 11.0 Å². The Bertz CT molecular complexity index is 562. The van der Waals surface area contributed by atoms with Crippen LogP contribution in [-0.4, -0.2) is 24.0 Å². The molecule has 1 aliphatic heterocycles. The van der Waals surface area contributed by atoms with Gasteiger partial charge in [0.25, 0.3) is 0 Å². The maximum absolute atomic E-state index is 3.65. The van der Waals surface area contributed by atoms with Gasteiger partial charge in [-0.1, -0.05) is 52.3 Å². The summed E-state index contributed by atoms with van der Waals surface area (Å²) in [7, 11) is 0. The molecule has 0 unspecified atom stereocenters. The van der Waals surface area contributed by atoms with Crippen LogP contribution in [0.5, 0.6) is 0 Å². The van der Waals surface area contributed by atoms with Gasteiger partial charge in [-0.15, -0.1) is 0 Å². The van der Waals surface area contributed by atoms with Crippen LogP contribution in [0.1, 0.15) is 18.4 Å². The van der Waals surface area contributed by atoms with Gasteiger partial charge in [-0.05, 0) is 36.6 Å². The van der Waals surface area contributed by atoms with Gasteiger partial charge < -0.3 is 5.32 Å². The summed E-state index contributed by atoms with van der Waals surface area (Å²) in [6.07, 6.45) is 2.42. The fourth-order valence-corrected chi connectivity index (χ4v) is 3.29. The molecule has 3 rings (SSSR count). The molecule has 0 aromatic heterocycles. The number of anilines is 1. The van der Waals surface area contributed by atoms with Gasteiger partial charge >= 0.3 is 0 Å². The SMILES string of the molecule is Brc1cccc(NC2CCN(Cc3ccccc3)CC2)c1. The number of nitrogens with one attached hydrogen (secondary N) is 1. The summed E-state index contributed by atoms with van der Waals surface area (Å²) in [4.78, 5) is 2.55. The first-order chi connectivity index (χ1) is 10.3. The Hall–Kier alpha value is -1.32. The van der Waals surface area contributed by atoms with E-state index in [9.17, 15) is 0 Å². The fourth-order valence-electron chi connectivity index (χ4n) is 2.89. The van der Waals surface area contributed by atoms with Gasteiger partial charge in [0.15, 0.2) is 0 Å². The van der Waals surface area contributed by atoms with Crippen LogP contribution in [0.4, 0.5) is 5.69 Å². The third kappa shape index (κ3) is 4.32. The number of benzene rings is 2. The van der Waals surface area contributed by atoms with E-state index in [1.165, 1.54) is 37.2 Å². The molecule has 2 aromatic rings. The predicted molar refractivity (Wildman–Crippen MR) is 92.5 cm³/mol. The van der Waals surface area contributed by atoms with Crippen LogP contribution >= 0.6 is 15.9 Å². The van der Waals surface area contributed by atoms with E-state index in [2.05, 4.69) is 80.7 Å². The molecule has 0 saturated carbocycles. The monoisotopic (exact) mass is 344 g/mol. The zero-order chi connectivity index (χ0) is 14.5. The summed E-state index contributed by atoms with van der Waals surface area (Å²) in [5.41, 5.74) is 2.63. The molecule has 1 N–H and O–H groups in total. The number of nitrogens with zero attached hydrogens (tertiary/aromatic N) is 1. The third-order valence-electron chi connectivity index (χ3n) is 4.03. The van der Waals surface area contributed by atoms with E-state index in [1.807, 2.05) is 0 Å². The molecule has 1 saturated heterocycles. The van der Waals surface area contributed by atoms with E-state index in [4.69, 9.17) is 0 Å². The first kappa shape index (κ1) is 14.6. The molecule has 110 valence electrons. The highest BCUT2D eigenvalue weighted by Crippen LogP contribution is 2.20. The average molecular weight is 345 g/mol. The number of hydrogen-bond donors (Lipinski definition) is 1. The highest BCUT2D eigenvalue weighted by Gasteiger charge is 2.18. The quantitative estimate of drug-likeness (QED) is 0.876. The van der Waals surface area contributed by atoms with Crippen LogP contribution in [0.2, 0.25) is 0 Å². The lowest BCUT2D eigenvalue weighted by atomic mass is 10.0. The highest BCUT2D eigenvalue weighted by molar-refractivity contribution is 9.10. The zero-order valence-corrected chi connectivity index (χ0v) is 13.7. The Labute approximate surface area is 135 Å². The van der Waals surface area contributed by atoms with Crippen molar-refractivity contribution in [3.05, 3.63) is 64.6 Å². The van der Waals surface area contributed by atoms with Gasteiger partial charge in [-0.2, -0.15) is 0 Å². The van der Waals surface area contributed by atoms with Crippen molar-refractivity contribution in [1.82, 2.24) is 4.90 Å². The van der Waals surface area contributed by atoms with E-state index >= 15 is 0 Å². The second-order valence-corrected chi connectivity index (χ2v) is 6.61. The van der Waals surface area contributed by atoms with Gasteiger partial charge in [0, 0.05) is 35.8 Å². The molecule has 0 aliphatic carbocycles. The Morgan fingerprint density at radius 2 is 1.76 bits per heavy atom. The molecular formula is C18H21BrN2. The molecule has 0 amide bonds. The minimum absolute atomic E-state index is 0.589. The van der Waals surface area contributed by atoms with E-state index < -0.39 is 0 Å². The van der Waals surface area contributed by atoms with Crippen molar-refractivity contribution in [2.24, 2.45) is 0 Å². The summed E-state index contributed by atoms with van der Waals surface area (Å²) in [6.45, 7) is 3.41. The van der Waals surface area contributed by atoms with Crippen molar-refractivity contribution in [3.63, 3.8) is 0 Å². The van der Waals surface area contributed by atoms with Gasteiger partial charge in [0.2, 0.25) is 0 Å². The first-order valence-electron chi connectivity index (χ1n) is 7.58. The van der Waals surface area contributed by atoms with Gasteiger partial charge in [-0.25, -0.2) is 0 Å². The normalized spacial score (nSPS) is 16.8. The second kappa shape index (κ2) is 7.10. The van der Waals surface area contributed by atoms with E-state index in [1.54, 1.807) is 0 Å². The van der Waals surface area contributed by atoms with Crippen LogP contribution in [0.15, 0.2) is 59.1 Å². The molecule has 2 nitrogen and oxygen atoms in total. The van der Waals surface area contributed by atoms with Crippen molar-refractivity contribution >= 4 is 21.6 Å². The van der Waals surface area contributed by atoms with Crippen molar-refractivity contribution in [1.29, 1.82) is 0 Å². The van der Waals surface area contributed by atoms with Crippen molar-refractivity contribution < 1.29 is 0 Å². The number of halogens is 1. The van der Waals surface area contributed by atoms with Crippen LogP contribution in [-0.2, 0) is 6.54 Å². The van der Waals surface area contributed by atoms with E-state index in [-0.39, 0.29) is 0 Å². The third-order valence-corrected chi connectivity index (χ3v) is 4.53. The summed E-state index contributed by atoms with van der Waals surface area (Å²) >= 11 is 3.53. The predicted octanol–water partition coefficient (Wildman–Crippen LogP) is 4.53. The van der Waals surface area contributed by atoms with Crippen LogP contribution < -0.4 is 5.32 Å². The maximum Gasteiger partial charge on any atom is 0.0353 e. The number of hydrogen-bond acceptors (Lipinski definition) is 2. The Kier molecular flexibility index (Phi) is 4.94. The molecular weight excluding hydrogens is 324 g/mol. The standard InChI is InChI=1S/C18H21BrN2/c19-16-7-4-8-18(13-16)20-17-9-11-21(12-10-17)14-15-5-2-1-3-6-15/h1-8,13,17,20H,9-12,14H2. The molecule has 21 heavy (non-hydrogen) atoms. The van der Waals surface area contributed by atoms with E-state index in [0.29, 0.717) is 6.04 Å². The van der Waals surface area contributed by atoms with Crippen molar-refractivity contribution in [2.45, 2.75) is 25.4 Å². The van der Waals surface area contributed by atoms with Crippen LogP contribution in [0.25, 0.3) is 0 Å². The molecule has 1 fully saturated rings. The molecule has 0 radical (unpaired) electrons. The summed E-state index contributed by atoms with van der Waals surface area (Å²) in [5, 5.41) is 3.65. The average Bonchev–Trinajstić information content (AvgIpc) is 2.50. The summed E-state index contributed by atoms with van der Waals surface area (Å²) in [6, 6.07) is 19.8. The molecule has 2 aromatic carbocycles. The number of rotatable bonds is 4. The lowest BCUT2D eigenvalue weighted by Gasteiger charge is -2.33. The van der Waals surface area contributed by atoms with Crippen LogP contribution in [0.3, 0.4) is 0 Å². The second-order valence-electron chi connectivity index (χ2n) is 5.69. The van der Waals surface area contributed by atoms with Crippen LogP contribution in [0, 0.1) is 0 Å². The smallest absolute Gasteiger partial charge is 0.0353 e.